The number of carbonyl (C=O) groups is 4. The number of nitrogens with two attached hydrogens (primary N) is 1. The molecule has 3 amide bonds. The number of nitrogens with one attached hydrogen (secondary N) is 1. The average Bonchev–Trinajstić information content (AvgIpc) is 3.08. The van der Waals surface area contributed by atoms with Crippen molar-refractivity contribution in [3.05, 3.63) is 51.9 Å². The maximum Gasteiger partial charge on any atom is 0.341 e. The Labute approximate surface area is 189 Å². The van der Waals surface area contributed by atoms with Gasteiger partial charge in [0.25, 0.3) is 5.91 Å². The monoisotopic (exact) mass is 459 g/mol. The molecule has 2 rings (SSSR count). The number of carbonyl (C=O) groups excluding carboxylic acids is 4. The first-order chi connectivity index (χ1) is 15.2. The third-order valence-electron chi connectivity index (χ3n) is 4.37. The fraction of sp³-hybridized carbons (Fsp3) is 0.273. The van der Waals surface area contributed by atoms with Crippen molar-refractivity contribution in [1.29, 1.82) is 0 Å². The number of thiophene rings is 1. The molecule has 0 atom stereocenters. The van der Waals surface area contributed by atoms with Gasteiger partial charge in [0.1, 0.15) is 10.8 Å². The number of benzene rings is 1. The summed E-state index contributed by atoms with van der Waals surface area (Å²) < 4.78 is 10.2. The first-order valence-electron chi connectivity index (χ1n) is 9.65. The first kappa shape index (κ1) is 24.6. The van der Waals surface area contributed by atoms with Crippen LogP contribution in [0.3, 0.4) is 0 Å². The van der Waals surface area contributed by atoms with Crippen LogP contribution >= 0.6 is 11.3 Å². The molecule has 2 aromatic rings. The number of nitrogens with zero attached hydrogens (tertiary/aromatic N) is 1. The van der Waals surface area contributed by atoms with E-state index in [4.69, 9.17) is 15.2 Å². The third kappa shape index (κ3) is 6.17. The Morgan fingerprint density at radius 3 is 2.59 bits per heavy atom. The number of primary amides is 1. The number of likely N-dealkylation sites (N-methyl/N-ethyl adjacent to an activating group) is 1. The Kier molecular flexibility index (Phi) is 8.54. The molecule has 0 unspecified atom stereocenters. The minimum absolute atomic E-state index is 0.0749. The van der Waals surface area contributed by atoms with Crippen LogP contribution in [-0.4, -0.2) is 55.9 Å². The number of esters is 1. The Bertz CT molecular complexity index is 1060. The molecule has 0 radical (unpaired) electrons. The summed E-state index contributed by atoms with van der Waals surface area (Å²) in [5, 5.41) is 2.72. The number of hydrogen-bond donors (Lipinski definition) is 2. The first-order valence-corrected chi connectivity index (χ1v) is 10.5. The molecule has 0 aliphatic rings. The average molecular weight is 460 g/mol. The summed E-state index contributed by atoms with van der Waals surface area (Å²) in [6, 6.07) is 7.16. The second-order valence-electron chi connectivity index (χ2n) is 6.70. The van der Waals surface area contributed by atoms with Crippen LogP contribution in [0.4, 0.5) is 5.00 Å². The van der Waals surface area contributed by atoms with E-state index >= 15 is 0 Å². The molecule has 0 saturated heterocycles. The molecule has 1 aromatic heterocycles. The molecule has 0 bridgehead atoms. The van der Waals surface area contributed by atoms with Crippen molar-refractivity contribution in [3.8, 4) is 5.75 Å². The molecule has 0 fully saturated rings. The molecule has 0 aliphatic carbocycles. The topological polar surface area (TPSA) is 128 Å². The van der Waals surface area contributed by atoms with Crippen molar-refractivity contribution in [3.63, 3.8) is 0 Å². The third-order valence-corrected chi connectivity index (χ3v) is 5.59. The maximum absolute atomic E-state index is 12.5. The summed E-state index contributed by atoms with van der Waals surface area (Å²) in [5.74, 6) is -1.67. The van der Waals surface area contributed by atoms with E-state index in [1.807, 2.05) is 6.07 Å². The fourth-order valence-electron chi connectivity index (χ4n) is 2.79. The minimum Gasteiger partial charge on any atom is -0.497 e. The van der Waals surface area contributed by atoms with Gasteiger partial charge in [-0.25, -0.2) is 4.79 Å². The molecule has 0 saturated carbocycles. The second-order valence-corrected chi connectivity index (χ2v) is 7.72. The van der Waals surface area contributed by atoms with Gasteiger partial charge in [0, 0.05) is 13.1 Å². The van der Waals surface area contributed by atoms with Gasteiger partial charge in [0.05, 0.1) is 30.7 Å². The number of rotatable bonds is 9. The summed E-state index contributed by atoms with van der Waals surface area (Å²) in [6.07, 6.45) is 2.95. The Hall–Kier alpha value is -3.66. The zero-order valence-corrected chi connectivity index (χ0v) is 19.1. The van der Waals surface area contributed by atoms with Gasteiger partial charge in [-0.1, -0.05) is 12.1 Å². The SMILES string of the molecule is CCOC(=O)c1c(NC(=O)CN(C)C(=O)/C=C/c2cccc(OC)c2)sc(C(N)=O)c1C. The van der Waals surface area contributed by atoms with Crippen LogP contribution in [0, 0.1) is 6.92 Å². The van der Waals surface area contributed by atoms with E-state index in [2.05, 4.69) is 5.32 Å². The van der Waals surface area contributed by atoms with Gasteiger partial charge in [0.2, 0.25) is 11.8 Å². The number of anilines is 1. The standard InChI is InChI=1S/C22H25N3O6S/c1-5-31-22(29)18-13(2)19(20(23)28)32-21(18)24-16(26)12-25(3)17(27)10-9-14-7-6-8-15(11-14)30-4/h6-11H,5,12H2,1-4H3,(H2,23,28)(H,24,26)/b10-9+. The lowest BCUT2D eigenvalue weighted by molar-refractivity contribution is -0.129. The minimum atomic E-state index is -0.714. The highest BCUT2D eigenvalue weighted by Crippen LogP contribution is 2.33. The molecule has 10 heteroatoms. The predicted molar refractivity (Wildman–Crippen MR) is 122 cm³/mol. The van der Waals surface area contributed by atoms with Gasteiger partial charge >= 0.3 is 5.97 Å². The Morgan fingerprint density at radius 2 is 1.97 bits per heavy atom. The van der Waals surface area contributed by atoms with Crippen LogP contribution in [0.1, 0.15) is 38.1 Å². The maximum atomic E-state index is 12.5. The van der Waals surface area contributed by atoms with Gasteiger partial charge in [-0.05, 0) is 43.2 Å². The lowest BCUT2D eigenvalue weighted by Crippen LogP contribution is -2.34. The van der Waals surface area contributed by atoms with Gasteiger partial charge in [-0.15, -0.1) is 11.3 Å². The number of amides is 3. The molecule has 1 heterocycles. The van der Waals surface area contributed by atoms with Crippen LogP contribution in [-0.2, 0) is 14.3 Å². The van der Waals surface area contributed by atoms with Crippen molar-refractivity contribution in [2.24, 2.45) is 5.73 Å². The van der Waals surface area contributed by atoms with Gasteiger partial charge in [-0.2, -0.15) is 0 Å². The van der Waals surface area contributed by atoms with Crippen molar-refractivity contribution in [1.82, 2.24) is 4.90 Å². The molecule has 0 aliphatic heterocycles. The van der Waals surface area contributed by atoms with Crippen molar-refractivity contribution < 1.29 is 28.7 Å². The highest BCUT2D eigenvalue weighted by molar-refractivity contribution is 7.18. The van der Waals surface area contributed by atoms with Gasteiger partial charge in [0.15, 0.2) is 0 Å². The van der Waals surface area contributed by atoms with Crippen LogP contribution < -0.4 is 15.8 Å². The summed E-state index contributed by atoms with van der Waals surface area (Å²) in [6.45, 7) is 3.06. The molecular formula is C22H25N3O6S. The Morgan fingerprint density at radius 1 is 1.25 bits per heavy atom. The molecule has 0 spiro atoms. The molecule has 32 heavy (non-hydrogen) atoms. The van der Waals surface area contributed by atoms with Crippen LogP contribution in [0.2, 0.25) is 0 Å². The lowest BCUT2D eigenvalue weighted by atomic mass is 10.1. The molecule has 9 nitrogen and oxygen atoms in total. The van der Waals surface area contributed by atoms with Crippen LogP contribution in [0.25, 0.3) is 6.08 Å². The number of methoxy groups -OCH3 is 1. The van der Waals surface area contributed by atoms with Crippen molar-refractivity contribution in [2.75, 3.05) is 32.6 Å². The van der Waals surface area contributed by atoms with Crippen molar-refractivity contribution >= 4 is 46.1 Å². The quantitative estimate of drug-likeness (QED) is 0.438. The van der Waals surface area contributed by atoms with Crippen LogP contribution in [0.15, 0.2) is 30.3 Å². The van der Waals surface area contributed by atoms with Gasteiger partial charge < -0.3 is 25.4 Å². The van der Waals surface area contributed by atoms with E-state index in [-0.39, 0.29) is 28.6 Å². The number of hydrogen-bond acceptors (Lipinski definition) is 7. The summed E-state index contributed by atoms with van der Waals surface area (Å²) in [5.41, 5.74) is 6.54. The second kappa shape index (κ2) is 11.1. The van der Waals surface area contributed by atoms with E-state index in [9.17, 15) is 19.2 Å². The molecule has 3 N–H and O–H groups in total. The fourth-order valence-corrected chi connectivity index (χ4v) is 3.85. The van der Waals surface area contributed by atoms with Crippen LogP contribution in [0.5, 0.6) is 5.75 Å². The lowest BCUT2D eigenvalue weighted by Gasteiger charge is -2.15. The Balaban J connectivity index is 2.10. The molecule has 170 valence electrons. The highest BCUT2D eigenvalue weighted by atomic mass is 32.1. The largest absolute Gasteiger partial charge is 0.497 e. The van der Waals surface area contributed by atoms with E-state index in [0.29, 0.717) is 11.3 Å². The zero-order chi connectivity index (χ0) is 23.8. The molecular weight excluding hydrogens is 434 g/mol. The summed E-state index contributed by atoms with van der Waals surface area (Å²) in [4.78, 5) is 50.2. The highest BCUT2D eigenvalue weighted by Gasteiger charge is 2.26. The van der Waals surface area contributed by atoms with E-state index in [1.165, 1.54) is 18.0 Å². The normalized spacial score (nSPS) is 10.6. The zero-order valence-electron chi connectivity index (χ0n) is 18.3. The van der Waals surface area contributed by atoms with E-state index in [0.717, 1.165) is 16.9 Å². The van der Waals surface area contributed by atoms with E-state index < -0.39 is 23.7 Å². The number of ether oxygens (including phenoxy) is 2. The van der Waals surface area contributed by atoms with Gasteiger partial charge in [-0.3, -0.25) is 14.4 Å². The van der Waals surface area contributed by atoms with Crippen molar-refractivity contribution in [2.45, 2.75) is 13.8 Å². The predicted octanol–water partition coefficient (Wildman–Crippen LogP) is 2.45. The summed E-state index contributed by atoms with van der Waals surface area (Å²) in [7, 11) is 3.02. The smallest absolute Gasteiger partial charge is 0.341 e. The summed E-state index contributed by atoms with van der Waals surface area (Å²) >= 11 is 0.887. The van der Waals surface area contributed by atoms with E-state index in [1.54, 1.807) is 45.2 Å². The molecule has 1 aromatic carbocycles.